The highest BCUT2D eigenvalue weighted by atomic mass is 15.1. The Hall–Kier alpha value is -0.340. The lowest BCUT2D eigenvalue weighted by Gasteiger charge is -2.34. The van der Waals surface area contributed by atoms with Crippen LogP contribution >= 0.6 is 0 Å². The number of piperidine rings is 1. The lowest BCUT2D eigenvalue weighted by atomic mass is 9.88. The number of likely N-dealkylation sites (tertiary alicyclic amines) is 1. The lowest BCUT2D eigenvalue weighted by molar-refractivity contribution is 0.199. The van der Waals surface area contributed by atoms with Gasteiger partial charge in [0.2, 0.25) is 0 Å². The summed E-state index contributed by atoms with van der Waals surface area (Å²) in [4.78, 5) is 2.59. The lowest BCUT2D eigenvalue weighted by Crippen LogP contribution is -2.45. The first kappa shape index (κ1) is 15.1. The molecule has 2 rings (SSSR count). The molecule has 0 aromatic carbocycles. The SMILES string of the molecule is CC(C)=CCN1CCC(NCC2(C)CCCC2)CC1. The molecule has 2 heteroatoms. The van der Waals surface area contributed by atoms with Crippen molar-refractivity contribution in [3.05, 3.63) is 11.6 Å². The molecule has 1 heterocycles. The topological polar surface area (TPSA) is 15.3 Å². The largest absolute Gasteiger partial charge is 0.313 e. The fourth-order valence-corrected chi connectivity index (χ4v) is 3.43. The number of nitrogens with zero attached hydrogens (tertiary/aromatic N) is 1. The molecule has 0 radical (unpaired) electrons. The minimum absolute atomic E-state index is 0.596. The van der Waals surface area contributed by atoms with Gasteiger partial charge in [-0.1, -0.05) is 31.4 Å². The maximum Gasteiger partial charge on any atom is 0.0165 e. The van der Waals surface area contributed by atoms with Crippen LogP contribution in [0.1, 0.15) is 59.3 Å². The molecule has 0 aromatic rings. The highest BCUT2D eigenvalue weighted by Gasteiger charge is 2.29. The molecule has 2 nitrogen and oxygen atoms in total. The molecule has 0 atom stereocenters. The summed E-state index contributed by atoms with van der Waals surface area (Å²) < 4.78 is 0. The fraction of sp³-hybridized carbons (Fsp3) is 0.882. The van der Waals surface area contributed by atoms with Crippen molar-refractivity contribution in [1.29, 1.82) is 0 Å². The maximum absolute atomic E-state index is 3.85. The second-order valence-electron chi connectivity index (χ2n) is 7.26. The fourth-order valence-electron chi connectivity index (χ4n) is 3.43. The molecule has 1 aliphatic carbocycles. The summed E-state index contributed by atoms with van der Waals surface area (Å²) in [6.45, 7) is 11.8. The molecule has 0 spiro atoms. The average molecular weight is 264 g/mol. The van der Waals surface area contributed by atoms with Crippen LogP contribution in [0.4, 0.5) is 0 Å². The molecular formula is C17H32N2. The summed E-state index contributed by atoms with van der Waals surface area (Å²) in [6.07, 6.45) is 10.8. The number of nitrogens with one attached hydrogen (secondary N) is 1. The predicted octanol–water partition coefficient (Wildman–Crippen LogP) is 3.59. The highest BCUT2D eigenvalue weighted by Crippen LogP contribution is 2.36. The smallest absolute Gasteiger partial charge is 0.0165 e. The number of allylic oxidation sites excluding steroid dienone is 1. The van der Waals surface area contributed by atoms with Crippen molar-refractivity contribution < 1.29 is 0 Å². The summed E-state index contributed by atoms with van der Waals surface area (Å²) in [5, 5.41) is 3.85. The Bertz CT molecular complexity index is 290. The molecule has 19 heavy (non-hydrogen) atoms. The monoisotopic (exact) mass is 264 g/mol. The molecule has 1 aliphatic heterocycles. The number of hydrogen-bond acceptors (Lipinski definition) is 2. The van der Waals surface area contributed by atoms with E-state index in [0.717, 1.165) is 12.6 Å². The zero-order valence-corrected chi connectivity index (χ0v) is 13.2. The van der Waals surface area contributed by atoms with Gasteiger partial charge in [0.05, 0.1) is 0 Å². The van der Waals surface area contributed by atoms with Crippen LogP contribution in [0, 0.1) is 5.41 Å². The number of rotatable bonds is 5. The van der Waals surface area contributed by atoms with E-state index in [1.165, 1.54) is 63.7 Å². The van der Waals surface area contributed by atoms with Crippen LogP contribution in [0.25, 0.3) is 0 Å². The van der Waals surface area contributed by atoms with Gasteiger partial charge in [-0.3, -0.25) is 4.90 Å². The molecule has 110 valence electrons. The molecular weight excluding hydrogens is 232 g/mol. The van der Waals surface area contributed by atoms with Gasteiger partial charge >= 0.3 is 0 Å². The summed E-state index contributed by atoms with van der Waals surface area (Å²) in [6, 6.07) is 0.764. The molecule has 0 unspecified atom stereocenters. The maximum atomic E-state index is 3.85. The zero-order chi connectivity index (χ0) is 13.7. The van der Waals surface area contributed by atoms with Gasteiger partial charge in [0.1, 0.15) is 0 Å². The van der Waals surface area contributed by atoms with Crippen molar-refractivity contribution in [2.75, 3.05) is 26.2 Å². The van der Waals surface area contributed by atoms with Crippen molar-refractivity contribution in [2.24, 2.45) is 5.41 Å². The minimum atomic E-state index is 0.596. The Morgan fingerprint density at radius 2 is 1.84 bits per heavy atom. The standard InChI is InChI=1S/C17H32N2/c1-15(2)6-11-19-12-7-16(8-13-19)18-14-17(3)9-4-5-10-17/h6,16,18H,4-5,7-14H2,1-3H3. The van der Waals surface area contributed by atoms with Gasteiger partial charge in [-0.15, -0.1) is 0 Å². The van der Waals surface area contributed by atoms with E-state index in [1.807, 2.05) is 0 Å². The second kappa shape index (κ2) is 6.90. The molecule has 1 N–H and O–H groups in total. The van der Waals surface area contributed by atoms with Crippen molar-refractivity contribution in [3.8, 4) is 0 Å². The minimum Gasteiger partial charge on any atom is -0.313 e. The van der Waals surface area contributed by atoms with Crippen LogP contribution in [0.15, 0.2) is 11.6 Å². The Morgan fingerprint density at radius 1 is 1.21 bits per heavy atom. The van der Waals surface area contributed by atoms with Crippen LogP contribution < -0.4 is 5.32 Å². The normalized spacial score (nSPS) is 24.6. The van der Waals surface area contributed by atoms with Crippen molar-refractivity contribution >= 4 is 0 Å². The van der Waals surface area contributed by atoms with Crippen molar-refractivity contribution in [3.63, 3.8) is 0 Å². The van der Waals surface area contributed by atoms with Crippen LogP contribution in [0.5, 0.6) is 0 Å². The third-order valence-corrected chi connectivity index (χ3v) is 4.97. The molecule has 1 saturated heterocycles. The van der Waals surface area contributed by atoms with Gasteiger partial charge in [-0.25, -0.2) is 0 Å². The Morgan fingerprint density at radius 3 is 2.42 bits per heavy atom. The van der Waals surface area contributed by atoms with Gasteiger partial charge in [-0.05, 0) is 58.0 Å². The third kappa shape index (κ3) is 4.92. The summed E-state index contributed by atoms with van der Waals surface area (Å²) in [5.41, 5.74) is 2.04. The van der Waals surface area contributed by atoms with E-state index in [4.69, 9.17) is 0 Å². The van der Waals surface area contributed by atoms with Crippen LogP contribution in [-0.4, -0.2) is 37.1 Å². The summed E-state index contributed by atoms with van der Waals surface area (Å²) >= 11 is 0. The van der Waals surface area contributed by atoms with E-state index >= 15 is 0 Å². The van der Waals surface area contributed by atoms with E-state index in [-0.39, 0.29) is 0 Å². The molecule has 1 saturated carbocycles. The highest BCUT2D eigenvalue weighted by molar-refractivity contribution is 4.96. The molecule has 0 bridgehead atoms. The van der Waals surface area contributed by atoms with E-state index in [1.54, 1.807) is 0 Å². The molecule has 2 aliphatic rings. The van der Waals surface area contributed by atoms with Gasteiger partial charge in [-0.2, -0.15) is 0 Å². The van der Waals surface area contributed by atoms with Gasteiger partial charge in [0.15, 0.2) is 0 Å². The third-order valence-electron chi connectivity index (χ3n) is 4.97. The first-order chi connectivity index (χ1) is 9.07. The second-order valence-corrected chi connectivity index (χ2v) is 7.26. The Kier molecular flexibility index (Phi) is 5.47. The van der Waals surface area contributed by atoms with Gasteiger partial charge in [0, 0.05) is 19.1 Å². The Balaban J connectivity index is 1.64. The first-order valence-corrected chi connectivity index (χ1v) is 8.16. The van der Waals surface area contributed by atoms with Gasteiger partial charge in [0.25, 0.3) is 0 Å². The van der Waals surface area contributed by atoms with Gasteiger partial charge < -0.3 is 5.32 Å². The zero-order valence-electron chi connectivity index (χ0n) is 13.2. The summed E-state index contributed by atoms with van der Waals surface area (Å²) in [5.74, 6) is 0. The Labute approximate surface area is 119 Å². The van der Waals surface area contributed by atoms with Crippen LogP contribution in [-0.2, 0) is 0 Å². The van der Waals surface area contributed by atoms with E-state index in [0.29, 0.717) is 5.41 Å². The molecule has 0 aromatic heterocycles. The number of hydrogen-bond donors (Lipinski definition) is 1. The van der Waals surface area contributed by atoms with Crippen molar-refractivity contribution in [2.45, 2.75) is 65.3 Å². The first-order valence-electron chi connectivity index (χ1n) is 8.16. The van der Waals surface area contributed by atoms with Crippen LogP contribution in [0.2, 0.25) is 0 Å². The van der Waals surface area contributed by atoms with E-state index in [2.05, 4.69) is 37.1 Å². The van der Waals surface area contributed by atoms with Crippen molar-refractivity contribution in [1.82, 2.24) is 10.2 Å². The quantitative estimate of drug-likeness (QED) is 0.763. The average Bonchev–Trinajstić information content (AvgIpc) is 2.83. The molecule has 0 amide bonds. The van der Waals surface area contributed by atoms with Crippen LogP contribution in [0.3, 0.4) is 0 Å². The molecule has 2 fully saturated rings. The summed E-state index contributed by atoms with van der Waals surface area (Å²) in [7, 11) is 0. The van der Waals surface area contributed by atoms with E-state index < -0.39 is 0 Å². The van der Waals surface area contributed by atoms with E-state index in [9.17, 15) is 0 Å². The predicted molar refractivity (Wildman–Crippen MR) is 83.5 cm³/mol.